The number of para-hydroxylation sites is 2. The van der Waals surface area contributed by atoms with Crippen molar-refractivity contribution in [1.82, 2.24) is 0 Å². The van der Waals surface area contributed by atoms with Crippen LogP contribution in [0.2, 0.25) is 0 Å². The SMILES string of the molecule is CCOC(=O)c1c(C2CC2)csc1NC(=O)COC(=O)CN1C(=O)COc2ccccc21. The van der Waals surface area contributed by atoms with Crippen LogP contribution in [0.1, 0.15) is 41.6 Å². The monoisotopic (exact) mass is 458 g/mol. The smallest absolute Gasteiger partial charge is 0.341 e. The second kappa shape index (κ2) is 9.39. The molecule has 1 fully saturated rings. The van der Waals surface area contributed by atoms with Crippen molar-refractivity contribution in [3.63, 3.8) is 0 Å². The van der Waals surface area contributed by atoms with Crippen LogP contribution in [0.15, 0.2) is 29.6 Å². The molecule has 1 saturated carbocycles. The van der Waals surface area contributed by atoms with Crippen LogP contribution < -0.4 is 15.0 Å². The zero-order valence-corrected chi connectivity index (χ0v) is 18.2. The maximum Gasteiger partial charge on any atom is 0.341 e. The highest BCUT2D eigenvalue weighted by Crippen LogP contribution is 2.46. The van der Waals surface area contributed by atoms with Gasteiger partial charge in [-0.05, 0) is 48.8 Å². The third kappa shape index (κ3) is 4.75. The van der Waals surface area contributed by atoms with E-state index in [1.54, 1.807) is 31.2 Å². The molecule has 0 saturated heterocycles. The van der Waals surface area contributed by atoms with Gasteiger partial charge in [-0.15, -0.1) is 11.3 Å². The summed E-state index contributed by atoms with van der Waals surface area (Å²) in [5, 5.41) is 4.87. The molecule has 2 amide bonds. The third-order valence-electron chi connectivity index (χ3n) is 5.03. The van der Waals surface area contributed by atoms with Gasteiger partial charge in [0.1, 0.15) is 17.3 Å². The number of carbonyl (C=O) groups is 4. The first kappa shape index (κ1) is 21.8. The van der Waals surface area contributed by atoms with Gasteiger partial charge in [0.25, 0.3) is 11.8 Å². The molecule has 0 bridgehead atoms. The quantitative estimate of drug-likeness (QED) is 0.606. The number of esters is 2. The molecule has 0 atom stereocenters. The lowest BCUT2D eigenvalue weighted by Gasteiger charge is -2.28. The van der Waals surface area contributed by atoms with Crippen molar-refractivity contribution in [2.45, 2.75) is 25.7 Å². The van der Waals surface area contributed by atoms with Gasteiger partial charge in [0.05, 0.1) is 17.9 Å². The summed E-state index contributed by atoms with van der Waals surface area (Å²) in [4.78, 5) is 50.4. The molecule has 0 spiro atoms. The lowest BCUT2D eigenvalue weighted by molar-refractivity contribution is -0.146. The molecule has 1 aromatic heterocycles. The highest BCUT2D eigenvalue weighted by molar-refractivity contribution is 7.15. The Hall–Kier alpha value is -3.40. The molecule has 1 aliphatic carbocycles. The van der Waals surface area contributed by atoms with Crippen LogP contribution in [0.5, 0.6) is 5.75 Å². The first-order valence-electron chi connectivity index (χ1n) is 10.2. The molecule has 2 aliphatic rings. The maximum absolute atomic E-state index is 12.4. The second-order valence-corrected chi connectivity index (χ2v) is 8.21. The average Bonchev–Trinajstić information content (AvgIpc) is 3.54. The first-order valence-corrected chi connectivity index (χ1v) is 11.1. The van der Waals surface area contributed by atoms with Crippen LogP contribution >= 0.6 is 11.3 Å². The fraction of sp³-hybridized carbons (Fsp3) is 0.364. The number of ether oxygens (including phenoxy) is 3. The zero-order chi connectivity index (χ0) is 22.7. The fourth-order valence-corrected chi connectivity index (χ4v) is 4.43. The Morgan fingerprint density at radius 3 is 2.75 bits per heavy atom. The summed E-state index contributed by atoms with van der Waals surface area (Å²) in [5.74, 6) is -1.37. The number of nitrogens with zero attached hydrogens (tertiary/aromatic N) is 1. The molecule has 32 heavy (non-hydrogen) atoms. The van der Waals surface area contributed by atoms with E-state index < -0.39 is 24.5 Å². The molecule has 1 aliphatic heterocycles. The predicted molar refractivity (Wildman–Crippen MR) is 116 cm³/mol. The number of amides is 2. The molecule has 9 nitrogen and oxygen atoms in total. The van der Waals surface area contributed by atoms with E-state index in [1.165, 1.54) is 16.2 Å². The number of benzene rings is 1. The van der Waals surface area contributed by atoms with Crippen molar-refractivity contribution in [1.29, 1.82) is 0 Å². The van der Waals surface area contributed by atoms with Crippen LogP contribution in [0, 0.1) is 0 Å². The Balaban J connectivity index is 1.35. The lowest BCUT2D eigenvalue weighted by Crippen LogP contribution is -2.42. The lowest BCUT2D eigenvalue weighted by atomic mass is 10.1. The Bertz CT molecular complexity index is 1060. The molecule has 2 aromatic rings. The summed E-state index contributed by atoms with van der Waals surface area (Å²) < 4.78 is 15.5. The van der Waals surface area contributed by atoms with Gasteiger partial charge < -0.3 is 19.5 Å². The van der Waals surface area contributed by atoms with E-state index >= 15 is 0 Å². The summed E-state index contributed by atoms with van der Waals surface area (Å²) in [7, 11) is 0. The topological polar surface area (TPSA) is 111 Å². The van der Waals surface area contributed by atoms with E-state index in [-0.39, 0.29) is 25.7 Å². The summed E-state index contributed by atoms with van der Waals surface area (Å²) in [6.07, 6.45) is 2.00. The number of anilines is 2. The van der Waals surface area contributed by atoms with Gasteiger partial charge >= 0.3 is 11.9 Å². The van der Waals surface area contributed by atoms with Crippen molar-refractivity contribution in [2.24, 2.45) is 0 Å². The van der Waals surface area contributed by atoms with Crippen LogP contribution in [0.3, 0.4) is 0 Å². The zero-order valence-electron chi connectivity index (χ0n) is 17.4. The number of carbonyl (C=O) groups excluding carboxylic acids is 4. The highest BCUT2D eigenvalue weighted by atomic mass is 32.1. The second-order valence-electron chi connectivity index (χ2n) is 7.34. The standard InChI is InChI=1S/C22H22N2O7S/c1-2-29-22(28)20-14(13-7-8-13)12-32-21(20)23-17(25)10-31-19(27)9-24-15-5-3-4-6-16(15)30-11-18(24)26/h3-6,12-13H,2,7-11H2,1H3,(H,23,25). The molecule has 10 heteroatoms. The number of hydrogen-bond donors (Lipinski definition) is 1. The Morgan fingerprint density at radius 2 is 2.00 bits per heavy atom. The minimum absolute atomic E-state index is 0.177. The number of nitrogens with one attached hydrogen (secondary N) is 1. The van der Waals surface area contributed by atoms with E-state index in [1.807, 2.05) is 5.38 Å². The van der Waals surface area contributed by atoms with Crippen molar-refractivity contribution < 1.29 is 33.4 Å². The van der Waals surface area contributed by atoms with Crippen molar-refractivity contribution >= 4 is 45.8 Å². The Kier molecular flexibility index (Phi) is 6.40. The molecule has 4 rings (SSSR count). The number of hydrogen-bond acceptors (Lipinski definition) is 8. The van der Waals surface area contributed by atoms with Gasteiger partial charge in [-0.3, -0.25) is 19.3 Å². The number of thiophene rings is 1. The van der Waals surface area contributed by atoms with Crippen LogP contribution in [-0.2, 0) is 23.9 Å². The van der Waals surface area contributed by atoms with Crippen LogP contribution in [-0.4, -0.2) is 50.1 Å². The molecule has 2 heterocycles. The summed E-state index contributed by atoms with van der Waals surface area (Å²) in [6.45, 7) is 0.885. The average molecular weight is 458 g/mol. The maximum atomic E-state index is 12.4. The van der Waals surface area contributed by atoms with Crippen molar-refractivity contribution in [3.8, 4) is 5.75 Å². The van der Waals surface area contributed by atoms with Crippen molar-refractivity contribution in [3.05, 3.63) is 40.8 Å². The van der Waals surface area contributed by atoms with Gasteiger partial charge in [0.2, 0.25) is 0 Å². The highest BCUT2D eigenvalue weighted by Gasteiger charge is 2.32. The van der Waals surface area contributed by atoms with Crippen molar-refractivity contribution in [2.75, 3.05) is 36.6 Å². The van der Waals surface area contributed by atoms with Crippen LogP contribution in [0.25, 0.3) is 0 Å². The molecular weight excluding hydrogens is 436 g/mol. The van der Waals surface area contributed by atoms with Gasteiger partial charge in [-0.2, -0.15) is 0 Å². The molecule has 1 N–H and O–H groups in total. The van der Waals surface area contributed by atoms with E-state index in [0.29, 0.717) is 27.9 Å². The summed E-state index contributed by atoms with van der Waals surface area (Å²) in [6, 6.07) is 6.85. The molecule has 1 aromatic carbocycles. The first-order chi connectivity index (χ1) is 15.5. The summed E-state index contributed by atoms with van der Waals surface area (Å²) >= 11 is 1.24. The Morgan fingerprint density at radius 1 is 1.22 bits per heavy atom. The van der Waals surface area contributed by atoms with E-state index in [9.17, 15) is 19.2 Å². The van der Waals surface area contributed by atoms with E-state index in [0.717, 1.165) is 18.4 Å². The molecule has 168 valence electrons. The number of rotatable bonds is 8. The van der Waals surface area contributed by atoms with E-state index in [2.05, 4.69) is 5.32 Å². The van der Waals surface area contributed by atoms with Gasteiger partial charge in [-0.25, -0.2) is 4.79 Å². The minimum atomic E-state index is -0.735. The van der Waals surface area contributed by atoms with Gasteiger partial charge in [0.15, 0.2) is 13.2 Å². The van der Waals surface area contributed by atoms with E-state index in [4.69, 9.17) is 14.2 Å². The largest absolute Gasteiger partial charge is 0.482 e. The predicted octanol–water partition coefficient (Wildman–Crippen LogP) is 2.71. The summed E-state index contributed by atoms with van der Waals surface area (Å²) in [5.41, 5.74) is 1.72. The number of fused-ring (bicyclic) bond motifs is 1. The van der Waals surface area contributed by atoms with Gasteiger partial charge in [0, 0.05) is 0 Å². The third-order valence-corrected chi connectivity index (χ3v) is 5.94. The Labute approximate surface area is 188 Å². The fourth-order valence-electron chi connectivity index (χ4n) is 3.38. The molecular formula is C22H22N2O7S. The molecule has 0 unspecified atom stereocenters. The van der Waals surface area contributed by atoms with Gasteiger partial charge in [-0.1, -0.05) is 12.1 Å². The normalized spacial score (nSPS) is 14.9. The van der Waals surface area contributed by atoms with Crippen LogP contribution in [0.4, 0.5) is 10.7 Å². The molecule has 0 radical (unpaired) electrons. The minimum Gasteiger partial charge on any atom is -0.482 e.